The first-order valence-corrected chi connectivity index (χ1v) is 14.9. The van der Waals surface area contributed by atoms with E-state index in [0.29, 0.717) is 38.8 Å². The van der Waals surface area contributed by atoms with Gasteiger partial charge >= 0.3 is 5.97 Å². The molecule has 200 valence electrons. The van der Waals surface area contributed by atoms with E-state index in [9.17, 15) is 23.1 Å². The second-order valence-corrected chi connectivity index (χ2v) is 11.4. The van der Waals surface area contributed by atoms with Crippen LogP contribution in [0.1, 0.15) is 103 Å². The molecule has 0 fully saturated rings. The molecule has 0 bridgehead atoms. The Bertz CT molecular complexity index is 814. The zero-order valence-corrected chi connectivity index (χ0v) is 22.5. The lowest BCUT2D eigenvalue weighted by molar-refractivity contribution is -0.142. The van der Waals surface area contributed by atoms with Gasteiger partial charge in [-0.1, -0.05) is 89.1 Å². The summed E-state index contributed by atoms with van der Waals surface area (Å²) in [6.45, 7) is 4.79. The molecule has 1 amide bonds. The third-order valence-electron chi connectivity index (χ3n) is 6.14. The summed E-state index contributed by atoms with van der Waals surface area (Å²) in [4.78, 5) is 23.8. The second kappa shape index (κ2) is 18.4. The molecule has 8 heteroatoms. The first-order valence-electron chi connectivity index (χ1n) is 13.3. The molecule has 35 heavy (non-hydrogen) atoms. The molecule has 1 aromatic rings. The summed E-state index contributed by atoms with van der Waals surface area (Å²) in [5, 5.41) is 12.2. The molecule has 1 rings (SSSR count). The summed E-state index contributed by atoms with van der Waals surface area (Å²) in [5.74, 6) is -1.16. The molecular weight excluding hydrogens is 464 g/mol. The Morgan fingerprint density at radius 2 is 1.51 bits per heavy atom. The smallest absolute Gasteiger partial charge is 0.326 e. The van der Waals surface area contributed by atoms with Crippen molar-refractivity contribution in [2.75, 3.05) is 12.3 Å². The number of benzene rings is 1. The van der Waals surface area contributed by atoms with Crippen molar-refractivity contribution in [2.45, 2.75) is 110 Å². The van der Waals surface area contributed by atoms with Crippen molar-refractivity contribution in [1.82, 2.24) is 9.62 Å². The van der Waals surface area contributed by atoms with Crippen LogP contribution in [0.3, 0.4) is 0 Å². The van der Waals surface area contributed by atoms with E-state index in [1.54, 1.807) is 0 Å². The molecule has 7 nitrogen and oxygen atoms in total. The number of nitrogens with one attached hydrogen (secondary N) is 1. The van der Waals surface area contributed by atoms with Crippen molar-refractivity contribution in [3.05, 3.63) is 35.9 Å². The van der Waals surface area contributed by atoms with Crippen LogP contribution in [0.4, 0.5) is 0 Å². The van der Waals surface area contributed by atoms with Gasteiger partial charge in [-0.3, -0.25) is 4.79 Å². The molecule has 0 aliphatic rings. The maximum atomic E-state index is 12.8. The molecule has 0 saturated heterocycles. The first kappa shape index (κ1) is 31.1. The Labute approximate surface area is 212 Å². The highest BCUT2D eigenvalue weighted by Crippen LogP contribution is 2.14. The van der Waals surface area contributed by atoms with Gasteiger partial charge < -0.3 is 10.4 Å². The van der Waals surface area contributed by atoms with Crippen LogP contribution in [0.2, 0.25) is 0 Å². The summed E-state index contributed by atoms with van der Waals surface area (Å²) >= 11 is 0. The number of carbonyl (C=O) groups is 2. The standard InChI is InChI=1S/C27H46N2O5S/c1-3-5-7-8-9-10-14-20-26(30)28-25(27(31)32)19-15-16-21-29(35(33,34)22-6-4-2)23-24-17-12-11-13-18-24/h11-13,17-18,25H,3-10,14-16,19-23H2,1-2H3,(H,28,30)(H,31,32). The van der Waals surface area contributed by atoms with Gasteiger partial charge in [-0.05, 0) is 37.7 Å². The van der Waals surface area contributed by atoms with Crippen molar-refractivity contribution in [2.24, 2.45) is 0 Å². The van der Waals surface area contributed by atoms with Crippen LogP contribution < -0.4 is 5.32 Å². The molecule has 1 atom stereocenters. The quantitative estimate of drug-likeness (QED) is 0.213. The lowest BCUT2D eigenvalue weighted by atomic mass is 10.1. The monoisotopic (exact) mass is 510 g/mol. The summed E-state index contributed by atoms with van der Waals surface area (Å²) in [6.07, 6.45) is 10.8. The van der Waals surface area contributed by atoms with Crippen LogP contribution in [-0.4, -0.2) is 48.0 Å². The Hall–Kier alpha value is -1.93. The van der Waals surface area contributed by atoms with Gasteiger partial charge in [-0.15, -0.1) is 0 Å². The molecule has 0 radical (unpaired) electrons. The molecule has 2 N–H and O–H groups in total. The van der Waals surface area contributed by atoms with Crippen LogP contribution in [0.15, 0.2) is 30.3 Å². The average molecular weight is 511 g/mol. The van der Waals surface area contributed by atoms with Crippen molar-refractivity contribution < 1.29 is 23.1 Å². The zero-order valence-electron chi connectivity index (χ0n) is 21.7. The third kappa shape index (κ3) is 14.3. The first-order chi connectivity index (χ1) is 16.8. The fraction of sp³-hybridized carbons (Fsp3) is 0.704. The molecule has 1 aromatic carbocycles. The number of carboxylic acids is 1. The zero-order chi connectivity index (χ0) is 25.9. The average Bonchev–Trinajstić information content (AvgIpc) is 2.83. The van der Waals surface area contributed by atoms with E-state index in [1.807, 2.05) is 37.3 Å². The van der Waals surface area contributed by atoms with Gasteiger partial charge in [-0.2, -0.15) is 4.31 Å². The van der Waals surface area contributed by atoms with Crippen LogP contribution in [0, 0.1) is 0 Å². The Kier molecular flexibility index (Phi) is 16.3. The molecule has 0 spiro atoms. The fourth-order valence-electron chi connectivity index (χ4n) is 3.96. The maximum absolute atomic E-state index is 12.8. The number of carbonyl (C=O) groups excluding carboxylic acids is 1. The van der Waals surface area contributed by atoms with Gasteiger partial charge in [0.15, 0.2) is 0 Å². The van der Waals surface area contributed by atoms with E-state index >= 15 is 0 Å². The molecule has 0 saturated carbocycles. The van der Waals surface area contributed by atoms with E-state index in [-0.39, 0.29) is 18.1 Å². The van der Waals surface area contributed by atoms with Crippen molar-refractivity contribution in [1.29, 1.82) is 0 Å². The third-order valence-corrected chi connectivity index (χ3v) is 8.05. The largest absolute Gasteiger partial charge is 0.480 e. The van der Waals surface area contributed by atoms with E-state index in [2.05, 4.69) is 12.2 Å². The van der Waals surface area contributed by atoms with E-state index in [1.165, 1.54) is 30.0 Å². The number of hydrogen-bond acceptors (Lipinski definition) is 4. The van der Waals surface area contributed by atoms with Crippen molar-refractivity contribution >= 4 is 21.9 Å². The molecule has 0 aromatic heterocycles. The topological polar surface area (TPSA) is 104 Å². The minimum Gasteiger partial charge on any atom is -0.480 e. The van der Waals surface area contributed by atoms with Crippen LogP contribution in [-0.2, 0) is 26.2 Å². The van der Waals surface area contributed by atoms with Gasteiger partial charge in [0.25, 0.3) is 0 Å². The molecule has 0 aliphatic heterocycles. The minimum absolute atomic E-state index is 0.114. The van der Waals surface area contributed by atoms with Gasteiger partial charge in [0.05, 0.1) is 5.75 Å². The summed E-state index contributed by atoms with van der Waals surface area (Å²) < 4.78 is 27.2. The van der Waals surface area contributed by atoms with Gasteiger partial charge in [0.1, 0.15) is 6.04 Å². The number of amides is 1. The van der Waals surface area contributed by atoms with Crippen molar-refractivity contribution in [3.8, 4) is 0 Å². The van der Waals surface area contributed by atoms with Gasteiger partial charge in [-0.25, -0.2) is 13.2 Å². The highest BCUT2D eigenvalue weighted by molar-refractivity contribution is 7.89. The second-order valence-electron chi connectivity index (χ2n) is 9.31. The lowest BCUT2D eigenvalue weighted by Crippen LogP contribution is -2.40. The van der Waals surface area contributed by atoms with Crippen molar-refractivity contribution in [3.63, 3.8) is 0 Å². The maximum Gasteiger partial charge on any atom is 0.326 e. The molecule has 0 aliphatic carbocycles. The predicted molar refractivity (Wildman–Crippen MR) is 142 cm³/mol. The lowest BCUT2D eigenvalue weighted by Gasteiger charge is -2.23. The Morgan fingerprint density at radius 3 is 2.14 bits per heavy atom. The predicted octanol–water partition coefficient (Wildman–Crippen LogP) is 5.50. The highest BCUT2D eigenvalue weighted by atomic mass is 32.2. The number of aliphatic carboxylic acids is 1. The normalized spacial score (nSPS) is 12.5. The van der Waals surface area contributed by atoms with E-state index < -0.39 is 22.0 Å². The van der Waals surface area contributed by atoms with Crippen LogP contribution in [0.5, 0.6) is 0 Å². The molecular formula is C27H46N2O5S. The summed E-state index contributed by atoms with van der Waals surface area (Å²) in [5.41, 5.74) is 0.925. The fourth-order valence-corrected chi connectivity index (χ4v) is 5.63. The summed E-state index contributed by atoms with van der Waals surface area (Å²) in [6, 6.07) is 8.55. The number of nitrogens with zero attached hydrogens (tertiary/aromatic N) is 1. The van der Waals surface area contributed by atoms with Crippen LogP contribution >= 0.6 is 0 Å². The van der Waals surface area contributed by atoms with Gasteiger partial charge in [0, 0.05) is 19.5 Å². The van der Waals surface area contributed by atoms with E-state index in [0.717, 1.165) is 31.2 Å². The van der Waals surface area contributed by atoms with Gasteiger partial charge in [0.2, 0.25) is 15.9 Å². The Morgan fingerprint density at radius 1 is 0.886 bits per heavy atom. The molecule has 1 unspecified atom stereocenters. The highest BCUT2D eigenvalue weighted by Gasteiger charge is 2.23. The van der Waals surface area contributed by atoms with Crippen LogP contribution in [0.25, 0.3) is 0 Å². The molecule has 0 heterocycles. The number of carboxylic acid groups (broad SMARTS) is 1. The van der Waals surface area contributed by atoms with E-state index in [4.69, 9.17) is 0 Å². The number of rotatable bonds is 21. The SMILES string of the molecule is CCCCCCCCCC(=O)NC(CCCCN(Cc1ccccc1)S(=O)(=O)CCCC)C(=O)O. The Balaban J connectivity index is 2.48. The minimum atomic E-state index is -3.39. The number of sulfonamides is 1. The number of hydrogen-bond donors (Lipinski definition) is 2. The number of unbranched alkanes of at least 4 members (excludes halogenated alkanes) is 8. The summed E-state index contributed by atoms with van der Waals surface area (Å²) in [7, 11) is -3.39.